The summed E-state index contributed by atoms with van der Waals surface area (Å²) in [5.41, 5.74) is 9.14. The van der Waals surface area contributed by atoms with Gasteiger partial charge >= 0.3 is 0 Å². The van der Waals surface area contributed by atoms with Gasteiger partial charge in [-0.15, -0.1) is 0 Å². The molecule has 0 saturated carbocycles. The Hall–Kier alpha value is -3.26. The molecule has 1 amide bonds. The zero-order valence-electron chi connectivity index (χ0n) is 16.7. The third-order valence-electron chi connectivity index (χ3n) is 5.15. The molecule has 2 aromatic heterocycles. The lowest BCUT2D eigenvalue weighted by atomic mass is 10.0. The number of pyridine rings is 1. The van der Waals surface area contributed by atoms with E-state index in [-0.39, 0.29) is 12.5 Å². The molecule has 0 fully saturated rings. The van der Waals surface area contributed by atoms with E-state index in [1.54, 1.807) is 37.9 Å². The summed E-state index contributed by atoms with van der Waals surface area (Å²) in [6.07, 6.45) is 5.54. The number of carbonyl (C=O) groups excluding carboxylic acids is 1. The number of nitrogens with two attached hydrogens (primary N) is 1. The number of allylic oxidation sites excluding steroid dienone is 1. The standard InChI is InChI=1S/C21H24N6O2/c1-12(20(29)25-21(2,3)11-28)27-10-16-18(26-27)15-5-4-13(14-6-7-23-9-14)8-17(15)24-19(16)22/h4-8,10,12,28H,9,11H2,1-3H3,(H2,22,24)(H,25,29). The minimum atomic E-state index is -0.708. The minimum absolute atomic E-state index is 0.155. The van der Waals surface area contributed by atoms with E-state index in [2.05, 4.69) is 20.4 Å². The van der Waals surface area contributed by atoms with Crippen LogP contribution in [0.2, 0.25) is 0 Å². The van der Waals surface area contributed by atoms with Gasteiger partial charge in [-0.25, -0.2) is 4.98 Å². The van der Waals surface area contributed by atoms with Crippen LogP contribution in [0.1, 0.15) is 32.4 Å². The van der Waals surface area contributed by atoms with E-state index in [0.29, 0.717) is 23.3 Å². The molecule has 1 atom stereocenters. The van der Waals surface area contributed by atoms with Gasteiger partial charge in [-0.2, -0.15) is 5.10 Å². The maximum Gasteiger partial charge on any atom is 0.245 e. The number of aliphatic hydroxyl groups is 1. The number of anilines is 1. The molecule has 1 aromatic carbocycles. The fourth-order valence-corrected chi connectivity index (χ4v) is 3.32. The highest BCUT2D eigenvalue weighted by Crippen LogP contribution is 2.30. The Morgan fingerprint density at radius 1 is 1.38 bits per heavy atom. The number of aliphatic imine (C=N–C) groups is 1. The SMILES string of the molecule is CC(C(=O)NC(C)(C)CO)n1cc2c(N)nc3cc(C4=CC=NC4)ccc3c2n1. The molecule has 3 heterocycles. The average Bonchev–Trinajstić information content (AvgIpc) is 3.37. The number of benzene rings is 1. The van der Waals surface area contributed by atoms with Gasteiger partial charge in [-0.3, -0.25) is 14.5 Å². The molecule has 0 bridgehead atoms. The Balaban J connectivity index is 1.74. The van der Waals surface area contributed by atoms with Crippen molar-refractivity contribution in [3.05, 3.63) is 36.0 Å². The Bertz CT molecular complexity index is 1170. The van der Waals surface area contributed by atoms with E-state index in [1.807, 2.05) is 24.3 Å². The van der Waals surface area contributed by atoms with Crippen LogP contribution in [-0.2, 0) is 4.79 Å². The second kappa shape index (κ2) is 6.97. The molecule has 150 valence electrons. The van der Waals surface area contributed by atoms with E-state index in [9.17, 15) is 9.90 Å². The molecule has 1 unspecified atom stereocenters. The summed E-state index contributed by atoms with van der Waals surface area (Å²) in [4.78, 5) is 21.4. The van der Waals surface area contributed by atoms with Crippen molar-refractivity contribution in [2.75, 3.05) is 18.9 Å². The predicted molar refractivity (Wildman–Crippen MR) is 115 cm³/mol. The van der Waals surface area contributed by atoms with Crippen molar-refractivity contribution in [2.45, 2.75) is 32.4 Å². The molecule has 1 aliphatic rings. The van der Waals surface area contributed by atoms with Crippen LogP contribution in [0.3, 0.4) is 0 Å². The van der Waals surface area contributed by atoms with E-state index in [1.165, 1.54) is 0 Å². The molecule has 29 heavy (non-hydrogen) atoms. The molecule has 0 spiro atoms. The first-order valence-electron chi connectivity index (χ1n) is 9.49. The van der Waals surface area contributed by atoms with Crippen molar-refractivity contribution in [2.24, 2.45) is 4.99 Å². The Labute approximate surface area is 168 Å². The smallest absolute Gasteiger partial charge is 0.245 e. The van der Waals surface area contributed by atoms with Crippen LogP contribution in [0.15, 0.2) is 35.5 Å². The molecule has 8 nitrogen and oxygen atoms in total. The van der Waals surface area contributed by atoms with Gasteiger partial charge in [0, 0.05) is 17.8 Å². The highest BCUT2D eigenvalue weighted by molar-refractivity contribution is 6.08. The number of nitrogens with zero attached hydrogens (tertiary/aromatic N) is 4. The zero-order valence-corrected chi connectivity index (χ0v) is 16.7. The average molecular weight is 392 g/mol. The lowest BCUT2D eigenvalue weighted by molar-refractivity contribution is -0.126. The maximum absolute atomic E-state index is 12.6. The van der Waals surface area contributed by atoms with Gasteiger partial charge in [0.2, 0.25) is 5.91 Å². The molecule has 0 saturated heterocycles. The largest absolute Gasteiger partial charge is 0.394 e. The van der Waals surface area contributed by atoms with E-state index < -0.39 is 11.6 Å². The molecule has 3 aromatic rings. The second-order valence-corrected chi connectivity index (χ2v) is 7.99. The lowest BCUT2D eigenvalue weighted by Gasteiger charge is -2.25. The number of aromatic nitrogens is 3. The molecule has 0 radical (unpaired) electrons. The monoisotopic (exact) mass is 392 g/mol. The summed E-state index contributed by atoms with van der Waals surface area (Å²) in [5, 5.41) is 18.4. The molecule has 8 heteroatoms. The molecule has 4 N–H and O–H groups in total. The number of hydrogen-bond donors (Lipinski definition) is 3. The fourth-order valence-electron chi connectivity index (χ4n) is 3.32. The van der Waals surface area contributed by atoms with Crippen molar-refractivity contribution in [1.29, 1.82) is 0 Å². The van der Waals surface area contributed by atoms with Crippen LogP contribution < -0.4 is 11.1 Å². The first kappa shape index (κ1) is 19.1. The number of aliphatic hydroxyl groups excluding tert-OH is 1. The van der Waals surface area contributed by atoms with Crippen molar-refractivity contribution in [1.82, 2.24) is 20.1 Å². The quantitative estimate of drug-likeness (QED) is 0.614. The van der Waals surface area contributed by atoms with Crippen molar-refractivity contribution in [3.63, 3.8) is 0 Å². The number of nitrogen functional groups attached to an aromatic ring is 1. The molecular formula is C21H24N6O2. The van der Waals surface area contributed by atoms with Crippen LogP contribution >= 0.6 is 0 Å². The fraction of sp³-hybridized carbons (Fsp3) is 0.333. The van der Waals surface area contributed by atoms with Gasteiger partial charge in [-0.1, -0.05) is 6.07 Å². The first-order valence-corrected chi connectivity index (χ1v) is 9.49. The van der Waals surface area contributed by atoms with Crippen molar-refractivity contribution in [3.8, 4) is 0 Å². The maximum atomic E-state index is 12.6. The van der Waals surface area contributed by atoms with Crippen LogP contribution in [0.4, 0.5) is 5.82 Å². The second-order valence-electron chi connectivity index (χ2n) is 7.99. The highest BCUT2D eigenvalue weighted by Gasteiger charge is 2.25. The van der Waals surface area contributed by atoms with Crippen molar-refractivity contribution >= 4 is 45.3 Å². The zero-order chi connectivity index (χ0) is 20.8. The van der Waals surface area contributed by atoms with Crippen LogP contribution in [0.5, 0.6) is 0 Å². The topological polar surface area (TPSA) is 118 Å². The summed E-state index contributed by atoms with van der Waals surface area (Å²) < 4.78 is 1.59. The number of carbonyl (C=O) groups is 1. The van der Waals surface area contributed by atoms with Gasteiger partial charge < -0.3 is 16.2 Å². The number of fused-ring (bicyclic) bond motifs is 3. The van der Waals surface area contributed by atoms with Gasteiger partial charge in [-0.05, 0) is 50.1 Å². The third-order valence-corrected chi connectivity index (χ3v) is 5.15. The normalized spacial score (nSPS) is 15.1. The number of hydrogen-bond acceptors (Lipinski definition) is 6. The molecule has 4 rings (SSSR count). The molecule has 0 aliphatic carbocycles. The Morgan fingerprint density at radius 3 is 2.86 bits per heavy atom. The Morgan fingerprint density at radius 2 is 2.17 bits per heavy atom. The summed E-state index contributed by atoms with van der Waals surface area (Å²) >= 11 is 0. The molecule has 1 aliphatic heterocycles. The van der Waals surface area contributed by atoms with Crippen LogP contribution in [-0.4, -0.2) is 50.7 Å². The number of nitrogens with one attached hydrogen (secondary N) is 1. The van der Waals surface area contributed by atoms with Crippen LogP contribution in [0.25, 0.3) is 27.4 Å². The molecular weight excluding hydrogens is 368 g/mol. The summed E-state index contributed by atoms with van der Waals surface area (Å²) in [5.74, 6) is 0.138. The van der Waals surface area contributed by atoms with Gasteiger partial charge in [0.05, 0.1) is 29.6 Å². The third kappa shape index (κ3) is 3.47. The predicted octanol–water partition coefficient (Wildman–Crippen LogP) is 2.08. The summed E-state index contributed by atoms with van der Waals surface area (Å²) in [7, 11) is 0. The van der Waals surface area contributed by atoms with E-state index >= 15 is 0 Å². The van der Waals surface area contributed by atoms with Gasteiger partial charge in [0.15, 0.2) is 0 Å². The van der Waals surface area contributed by atoms with Gasteiger partial charge in [0.1, 0.15) is 17.4 Å². The Kier molecular flexibility index (Phi) is 4.58. The van der Waals surface area contributed by atoms with Crippen molar-refractivity contribution < 1.29 is 9.90 Å². The summed E-state index contributed by atoms with van der Waals surface area (Å²) in [6, 6.07) is 5.43. The highest BCUT2D eigenvalue weighted by atomic mass is 16.3. The number of amides is 1. The minimum Gasteiger partial charge on any atom is -0.394 e. The van der Waals surface area contributed by atoms with Gasteiger partial charge in [0.25, 0.3) is 0 Å². The van der Waals surface area contributed by atoms with Crippen LogP contribution in [0, 0.1) is 0 Å². The summed E-state index contributed by atoms with van der Waals surface area (Å²) in [6.45, 7) is 5.78. The number of rotatable bonds is 5. The van der Waals surface area contributed by atoms with E-state index in [0.717, 1.165) is 22.0 Å². The lowest BCUT2D eigenvalue weighted by Crippen LogP contribution is -2.48. The first-order chi connectivity index (χ1) is 13.8. The van der Waals surface area contributed by atoms with E-state index in [4.69, 9.17) is 5.73 Å².